The highest BCUT2D eigenvalue weighted by Gasteiger charge is 2.28. The summed E-state index contributed by atoms with van der Waals surface area (Å²) in [4.78, 5) is 0. The first-order chi connectivity index (χ1) is 8.84. The van der Waals surface area contributed by atoms with Crippen molar-refractivity contribution in [1.82, 2.24) is 5.32 Å². The van der Waals surface area contributed by atoms with E-state index in [1.807, 2.05) is 0 Å². The highest BCUT2D eigenvalue weighted by atomic mass is 32.2. The fraction of sp³-hybridized carbons (Fsp3) is 0.500. The van der Waals surface area contributed by atoms with Crippen LogP contribution < -0.4 is 10.5 Å². The van der Waals surface area contributed by atoms with Crippen LogP contribution in [0.5, 0.6) is 0 Å². The van der Waals surface area contributed by atoms with E-state index in [2.05, 4.69) is 5.32 Å². The number of benzene rings is 1. The highest BCUT2D eigenvalue weighted by molar-refractivity contribution is 7.89. The van der Waals surface area contributed by atoms with Gasteiger partial charge in [-0.05, 0) is 37.0 Å². The molecule has 1 heterocycles. The average Bonchev–Trinajstić information content (AvgIpc) is 2.26. The standard InChI is InChI=1S/C12H16F2N2O2S/c13-9-3-8(4-10(14)6-9)5-11-1-2-12(7-16-11)19(15,17)18/h3-4,6,11-12,16H,1-2,5,7H2,(H2,15,17,18). The smallest absolute Gasteiger partial charge is 0.213 e. The average molecular weight is 290 g/mol. The summed E-state index contributed by atoms with van der Waals surface area (Å²) in [6.45, 7) is 0.279. The van der Waals surface area contributed by atoms with Crippen molar-refractivity contribution >= 4 is 10.0 Å². The number of nitrogens with two attached hydrogens (primary N) is 1. The molecule has 7 heteroatoms. The van der Waals surface area contributed by atoms with Crippen LogP contribution in [0, 0.1) is 11.6 Å². The molecule has 2 rings (SSSR count). The van der Waals surface area contributed by atoms with E-state index in [1.165, 1.54) is 12.1 Å². The van der Waals surface area contributed by atoms with E-state index in [0.29, 0.717) is 24.8 Å². The van der Waals surface area contributed by atoms with E-state index in [9.17, 15) is 17.2 Å². The minimum absolute atomic E-state index is 0.0131. The molecule has 0 spiro atoms. The van der Waals surface area contributed by atoms with Gasteiger partial charge in [0, 0.05) is 18.7 Å². The van der Waals surface area contributed by atoms with Crippen molar-refractivity contribution in [2.75, 3.05) is 6.54 Å². The van der Waals surface area contributed by atoms with E-state index < -0.39 is 26.9 Å². The monoisotopic (exact) mass is 290 g/mol. The van der Waals surface area contributed by atoms with Gasteiger partial charge < -0.3 is 5.32 Å². The molecular weight excluding hydrogens is 274 g/mol. The van der Waals surface area contributed by atoms with Crippen molar-refractivity contribution in [2.24, 2.45) is 5.14 Å². The molecule has 0 aromatic heterocycles. The number of nitrogens with one attached hydrogen (secondary N) is 1. The van der Waals surface area contributed by atoms with E-state index in [4.69, 9.17) is 5.14 Å². The predicted octanol–water partition coefficient (Wildman–Crippen LogP) is 0.916. The van der Waals surface area contributed by atoms with Crippen LogP contribution in [0.25, 0.3) is 0 Å². The summed E-state index contributed by atoms with van der Waals surface area (Å²) in [5, 5.41) is 7.56. The first-order valence-electron chi connectivity index (χ1n) is 6.04. The Morgan fingerprint density at radius 1 is 1.21 bits per heavy atom. The van der Waals surface area contributed by atoms with Crippen LogP contribution in [0.3, 0.4) is 0 Å². The predicted molar refractivity (Wildman–Crippen MR) is 68.0 cm³/mol. The lowest BCUT2D eigenvalue weighted by molar-refractivity contribution is 0.395. The molecule has 1 aliphatic rings. The zero-order chi connectivity index (χ0) is 14.0. The molecule has 0 bridgehead atoms. The molecule has 0 amide bonds. The van der Waals surface area contributed by atoms with Crippen molar-refractivity contribution < 1.29 is 17.2 Å². The van der Waals surface area contributed by atoms with Crippen molar-refractivity contribution in [3.63, 3.8) is 0 Å². The highest BCUT2D eigenvalue weighted by Crippen LogP contribution is 2.17. The molecule has 1 aliphatic heterocycles. The van der Waals surface area contributed by atoms with Crippen molar-refractivity contribution in [1.29, 1.82) is 0 Å². The Balaban J connectivity index is 1.96. The molecule has 0 aliphatic carbocycles. The number of halogens is 2. The molecule has 1 fully saturated rings. The van der Waals surface area contributed by atoms with Crippen molar-refractivity contribution in [3.8, 4) is 0 Å². The Kier molecular flexibility index (Phi) is 4.17. The van der Waals surface area contributed by atoms with E-state index in [-0.39, 0.29) is 12.6 Å². The minimum atomic E-state index is -3.52. The first-order valence-corrected chi connectivity index (χ1v) is 7.65. The van der Waals surface area contributed by atoms with Gasteiger partial charge in [-0.15, -0.1) is 0 Å². The second-order valence-corrected chi connectivity index (χ2v) is 6.72. The lowest BCUT2D eigenvalue weighted by Gasteiger charge is -2.28. The number of hydrogen-bond donors (Lipinski definition) is 2. The molecule has 19 heavy (non-hydrogen) atoms. The Labute approximate surface area is 111 Å². The Hall–Kier alpha value is -1.05. The molecule has 2 atom stereocenters. The van der Waals surface area contributed by atoms with Crippen LogP contribution in [0.1, 0.15) is 18.4 Å². The number of rotatable bonds is 3. The van der Waals surface area contributed by atoms with Crippen LogP contribution in [0.2, 0.25) is 0 Å². The molecule has 1 saturated heterocycles. The van der Waals surface area contributed by atoms with Gasteiger partial charge in [-0.2, -0.15) is 0 Å². The lowest BCUT2D eigenvalue weighted by atomic mass is 9.97. The number of hydrogen-bond acceptors (Lipinski definition) is 3. The summed E-state index contributed by atoms with van der Waals surface area (Å²) in [5.74, 6) is -1.21. The second-order valence-electron chi connectivity index (χ2n) is 4.88. The molecule has 106 valence electrons. The number of sulfonamides is 1. The van der Waals surface area contributed by atoms with Gasteiger partial charge >= 0.3 is 0 Å². The van der Waals surface area contributed by atoms with Crippen molar-refractivity contribution in [3.05, 3.63) is 35.4 Å². The van der Waals surface area contributed by atoms with Gasteiger partial charge in [-0.3, -0.25) is 0 Å². The maximum atomic E-state index is 13.0. The third kappa shape index (κ3) is 3.95. The van der Waals surface area contributed by atoms with E-state index in [1.54, 1.807) is 0 Å². The molecule has 1 aromatic carbocycles. The number of piperidine rings is 1. The summed E-state index contributed by atoms with van der Waals surface area (Å²) in [7, 11) is -3.52. The summed E-state index contributed by atoms with van der Waals surface area (Å²) in [6.07, 6.45) is 1.54. The Bertz CT molecular complexity index is 535. The fourth-order valence-corrected chi connectivity index (χ4v) is 3.15. The van der Waals surface area contributed by atoms with Crippen LogP contribution >= 0.6 is 0 Å². The molecule has 2 unspecified atom stereocenters. The third-order valence-corrected chi connectivity index (χ3v) is 4.67. The summed E-state index contributed by atoms with van der Waals surface area (Å²) in [6, 6.07) is 3.42. The molecule has 3 N–H and O–H groups in total. The Morgan fingerprint density at radius 2 is 1.84 bits per heavy atom. The zero-order valence-electron chi connectivity index (χ0n) is 10.3. The van der Waals surface area contributed by atoms with Gasteiger partial charge in [0.15, 0.2) is 0 Å². The third-order valence-electron chi connectivity index (χ3n) is 3.34. The maximum absolute atomic E-state index is 13.0. The summed E-state index contributed by atoms with van der Waals surface area (Å²) in [5.41, 5.74) is 0.559. The minimum Gasteiger partial charge on any atom is -0.312 e. The first kappa shape index (κ1) is 14.4. The van der Waals surface area contributed by atoms with Crippen molar-refractivity contribution in [2.45, 2.75) is 30.6 Å². The topological polar surface area (TPSA) is 72.2 Å². The summed E-state index contributed by atoms with van der Waals surface area (Å²) >= 11 is 0. The van der Waals surface area contributed by atoms with Crippen LogP contribution in [0.15, 0.2) is 18.2 Å². The normalized spacial score (nSPS) is 24.4. The van der Waals surface area contributed by atoms with Crippen LogP contribution in [0.4, 0.5) is 8.78 Å². The largest absolute Gasteiger partial charge is 0.312 e. The molecule has 4 nitrogen and oxygen atoms in total. The molecule has 0 radical (unpaired) electrons. The van der Waals surface area contributed by atoms with E-state index in [0.717, 1.165) is 6.07 Å². The van der Waals surface area contributed by atoms with Gasteiger partial charge in [-0.25, -0.2) is 22.3 Å². The van der Waals surface area contributed by atoms with E-state index >= 15 is 0 Å². The molecule has 0 saturated carbocycles. The SMILES string of the molecule is NS(=O)(=O)C1CCC(Cc2cc(F)cc(F)c2)NC1. The molecule has 1 aromatic rings. The van der Waals surface area contributed by atoms with Crippen LogP contribution in [-0.2, 0) is 16.4 Å². The van der Waals surface area contributed by atoms with Crippen LogP contribution in [-0.4, -0.2) is 26.3 Å². The van der Waals surface area contributed by atoms with Gasteiger partial charge in [0.1, 0.15) is 11.6 Å². The van der Waals surface area contributed by atoms with Gasteiger partial charge in [0.2, 0.25) is 10.0 Å². The fourth-order valence-electron chi connectivity index (χ4n) is 2.36. The van der Waals surface area contributed by atoms with Gasteiger partial charge in [0.05, 0.1) is 5.25 Å². The second kappa shape index (κ2) is 5.52. The number of primary sulfonamides is 1. The summed E-state index contributed by atoms with van der Waals surface area (Å²) < 4.78 is 48.4. The Morgan fingerprint density at radius 3 is 2.32 bits per heavy atom. The zero-order valence-corrected chi connectivity index (χ0v) is 11.1. The maximum Gasteiger partial charge on any atom is 0.213 e. The quantitative estimate of drug-likeness (QED) is 0.869. The lowest BCUT2D eigenvalue weighted by Crippen LogP contribution is -2.47. The molecular formula is C12H16F2N2O2S. The van der Waals surface area contributed by atoms with Gasteiger partial charge in [-0.1, -0.05) is 0 Å². The van der Waals surface area contributed by atoms with Gasteiger partial charge in [0.25, 0.3) is 0 Å².